The maximum atomic E-state index is 11.5. The lowest BCUT2D eigenvalue weighted by Gasteiger charge is -2.10. The van der Waals surface area contributed by atoms with Gasteiger partial charge in [-0.1, -0.05) is 12.1 Å². The molecular weight excluding hydrogens is 208 g/mol. The van der Waals surface area contributed by atoms with Crippen LogP contribution in [0.25, 0.3) is 0 Å². The van der Waals surface area contributed by atoms with Crippen molar-refractivity contribution in [1.82, 2.24) is 20.8 Å². The second-order valence-electron chi connectivity index (χ2n) is 3.74. The monoisotopic (exact) mass is 226 g/mol. The predicted molar refractivity (Wildman–Crippen MR) is 58.8 cm³/mol. The van der Waals surface area contributed by atoms with Crippen LogP contribution in [0.3, 0.4) is 0 Å². The molecule has 1 heterocycles. The first-order chi connectivity index (χ1) is 7.63. The SMILES string of the molecule is CNCC(C)C(=O)NCCc1nc(C)no1. The maximum Gasteiger partial charge on any atom is 0.228 e. The molecule has 0 aliphatic rings. The van der Waals surface area contributed by atoms with Crippen LogP contribution < -0.4 is 10.6 Å². The first-order valence-electron chi connectivity index (χ1n) is 5.35. The number of aryl methyl sites for hydroxylation is 1. The fourth-order valence-electron chi connectivity index (χ4n) is 1.31. The third-order valence-corrected chi connectivity index (χ3v) is 2.17. The molecule has 0 spiro atoms. The minimum atomic E-state index is -0.0329. The molecule has 1 amide bonds. The van der Waals surface area contributed by atoms with E-state index < -0.39 is 0 Å². The molecule has 6 heteroatoms. The Kier molecular flexibility index (Phi) is 4.91. The third-order valence-electron chi connectivity index (χ3n) is 2.17. The Balaban J connectivity index is 2.22. The molecule has 16 heavy (non-hydrogen) atoms. The van der Waals surface area contributed by atoms with Crippen molar-refractivity contribution in [2.24, 2.45) is 5.92 Å². The number of rotatable bonds is 6. The van der Waals surface area contributed by atoms with Gasteiger partial charge in [0, 0.05) is 25.4 Å². The summed E-state index contributed by atoms with van der Waals surface area (Å²) in [4.78, 5) is 15.6. The summed E-state index contributed by atoms with van der Waals surface area (Å²) in [5, 5.41) is 9.45. The van der Waals surface area contributed by atoms with Gasteiger partial charge >= 0.3 is 0 Å². The van der Waals surface area contributed by atoms with Crippen molar-refractivity contribution < 1.29 is 9.32 Å². The molecule has 0 fully saturated rings. The van der Waals surface area contributed by atoms with Gasteiger partial charge in [-0.05, 0) is 14.0 Å². The highest BCUT2D eigenvalue weighted by molar-refractivity contribution is 5.78. The third kappa shape index (κ3) is 3.98. The van der Waals surface area contributed by atoms with Crippen LogP contribution in [-0.4, -0.2) is 36.2 Å². The van der Waals surface area contributed by atoms with E-state index in [2.05, 4.69) is 20.8 Å². The van der Waals surface area contributed by atoms with Gasteiger partial charge < -0.3 is 15.2 Å². The van der Waals surface area contributed by atoms with Gasteiger partial charge in [-0.15, -0.1) is 0 Å². The van der Waals surface area contributed by atoms with E-state index in [1.807, 2.05) is 14.0 Å². The highest BCUT2D eigenvalue weighted by Crippen LogP contribution is 1.96. The highest BCUT2D eigenvalue weighted by Gasteiger charge is 2.11. The van der Waals surface area contributed by atoms with Crippen molar-refractivity contribution in [3.63, 3.8) is 0 Å². The van der Waals surface area contributed by atoms with Crippen LogP contribution in [-0.2, 0) is 11.2 Å². The van der Waals surface area contributed by atoms with Gasteiger partial charge in [0.15, 0.2) is 5.82 Å². The van der Waals surface area contributed by atoms with Gasteiger partial charge in [0.25, 0.3) is 0 Å². The molecule has 1 aromatic rings. The van der Waals surface area contributed by atoms with Crippen LogP contribution in [0.1, 0.15) is 18.6 Å². The molecule has 0 aromatic carbocycles. The molecule has 0 saturated carbocycles. The second-order valence-corrected chi connectivity index (χ2v) is 3.74. The standard InChI is InChI=1S/C10H18N4O2/c1-7(6-11-3)10(15)12-5-4-9-13-8(2)14-16-9/h7,11H,4-6H2,1-3H3,(H,12,15). The first-order valence-corrected chi connectivity index (χ1v) is 5.35. The van der Waals surface area contributed by atoms with Crippen molar-refractivity contribution in [3.8, 4) is 0 Å². The molecule has 0 radical (unpaired) electrons. The van der Waals surface area contributed by atoms with Gasteiger partial charge in [-0.25, -0.2) is 0 Å². The molecule has 0 aliphatic carbocycles. The number of amides is 1. The lowest BCUT2D eigenvalue weighted by atomic mass is 10.1. The fourth-order valence-corrected chi connectivity index (χ4v) is 1.31. The van der Waals surface area contributed by atoms with Crippen molar-refractivity contribution in [2.45, 2.75) is 20.3 Å². The van der Waals surface area contributed by atoms with Crippen LogP contribution in [0.15, 0.2) is 4.52 Å². The van der Waals surface area contributed by atoms with E-state index in [0.717, 1.165) is 0 Å². The average molecular weight is 226 g/mol. The molecule has 0 aliphatic heterocycles. The summed E-state index contributed by atoms with van der Waals surface area (Å²) in [6.07, 6.45) is 0.568. The van der Waals surface area contributed by atoms with Gasteiger partial charge in [0.2, 0.25) is 11.8 Å². The van der Waals surface area contributed by atoms with Crippen LogP contribution in [0.2, 0.25) is 0 Å². The highest BCUT2D eigenvalue weighted by atomic mass is 16.5. The number of aromatic nitrogens is 2. The first kappa shape index (κ1) is 12.6. The Morgan fingerprint density at radius 1 is 1.56 bits per heavy atom. The summed E-state index contributed by atoms with van der Waals surface area (Å²) in [5.41, 5.74) is 0. The molecule has 0 bridgehead atoms. The Labute approximate surface area is 94.8 Å². The van der Waals surface area contributed by atoms with Crippen molar-refractivity contribution in [1.29, 1.82) is 0 Å². The Bertz CT molecular complexity index is 337. The van der Waals surface area contributed by atoms with Crippen molar-refractivity contribution in [2.75, 3.05) is 20.1 Å². The van der Waals surface area contributed by atoms with E-state index >= 15 is 0 Å². The zero-order chi connectivity index (χ0) is 12.0. The molecule has 1 unspecified atom stereocenters. The second kappa shape index (κ2) is 6.22. The summed E-state index contributed by atoms with van der Waals surface area (Å²) < 4.78 is 4.93. The number of nitrogens with zero attached hydrogens (tertiary/aromatic N) is 2. The summed E-state index contributed by atoms with van der Waals surface area (Å²) in [6, 6.07) is 0. The van der Waals surface area contributed by atoms with E-state index in [1.54, 1.807) is 6.92 Å². The smallest absolute Gasteiger partial charge is 0.228 e. The molecular formula is C10H18N4O2. The maximum absolute atomic E-state index is 11.5. The molecule has 1 rings (SSSR count). The zero-order valence-corrected chi connectivity index (χ0v) is 9.91. The fraction of sp³-hybridized carbons (Fsp3) is 0.700. The summed E-state index contributed by atoms with van der Waals surface area (Å²) >= 11 is 0. The summed E-state index contributed by atoms with van der Waals surface area (Å²) in [6.45, 7) is 4.84. The van der Waals surface area contributed by atoms with E-state index in [4.69, 9.17) is 4.52 Å². The number of hydrogen-bond acceptors (Lipinski definition) is 5. The van der Waals surface area contributed by atoms with E-state index in [0.29, 0.717) is 31.2 Å². The molecule has 0 saturated heterocycles. The van der Waals surface area contributed by atoms with Gasteiger partial charge in [-0.2, -0.15) is 4.98 Å². The minimum absolute atomic E-state index is 0.0329. The quantitative estimate of drug-likeness (QED) is 0.707. The number of nitrogens with one attached hydrogen (secondary N) is 2. The van der Waals surface area contributed by atoms with Crippen LogP contribution in [0.5, 0.6) is 0 Å². The average Bonchev–Trinajstić information content (AvgIpc) is 2.64. The Morgan fingerprint density at radius 2 is 2.31 bits per heavy atom. The van der Waals surface area contributed by atoms with E-state index in [9.17, 15) is 4.79 Å². The summed E-state index contributed by atoms with van der Waals surface area (Å²) in [5.74, 6) is 1.17. The van der Waals surface area contributed by atoms with E-state index in [1.165, 1.54) is 0 Å². The molecule has 6 nitrogen and oxygen atoms in total. The topological polar surface area (TPSA) is 80.0 Å². The largest absolute Gasteiger partial charge is 0.355 e. The van der Waals surface area contributed by atoms with Gasteiger partial charge in [0.1, 0.15) is 0 Å². The molecule has 2 N–H and O–H groups in total. The molecule has 1 atom stereocenters. The van der Waals surface area contributed by atoms with Gasteiger partial charge in [-0.3, -0.25) is 4.79 Å². The van der Waals surface area contributed by atoms with Crippen LogP contribution >= 0.6 is 0 Å². The lowest BCUT2D eigenvalue weighted by molar-refractivity contribution is -0.124. The van der Waals surface area contributed by atoms with Crippen molar-refractivity contribution in [3.05, 3.63) is 11.7 Å². The van der Waals surface area contributed by atoms with E-state index in [-0.39, 0.29) is 11.8 Å². The molecule has 1 aromatic heterocycles. The lowest BCUT2D eigenvalue weighted by Crippen LogP contribution is -2.35. The zero-order valence-electron chi connectivity index (χ0n) is 9.91. The number of carbonyl (C=O) groups excluding carboxylic acids is 1. The van der Waals surface area contributed by atoms with Crippen LogP contribution in [0, 0.1) is 12.8 Å². The van der Waals surface area contributed by atoms with Crippen molar-refractivity contribution >= 4 is 5.91 Å². The minimum Gasteiger partial charge on any atom is -0.355 e. The number of carbonyl (C=O) groups is 1. The predicted octanol–water partition coefficient (Wildman–Crippen LogP) is -0.108. The molecule has 90 valence electrons. The normalized spacial score (nSPS) is 12.4. The summed E-state index contributed by atoms with van der Waals surface area (Å²) in [7, 11) is 1.82. The Hall–Kier alpha value is -1.43. The Morgan fingerprint density at radius 3 is 2.88 bits per heavy atom. The number of hydrogen-bond donors (Lipinski definition) is 2. The van der Waals surface area contributed by atoms with Gasteiger partial charge in [0.05, 0.1) is 0 Å². The van der Waals surface area contributed by atoms with Crippen LogP contribution in [0.4, 0.5) is 0 Å².